The molecule has 2 aromatic carbocycles. The average Bonchev–Trinajstić information content (AvgIpc) is 3.46. The number of nitrogens with one attached hydrogen (secondary N) is 1. The number of anilines is 1. The molecule has 0 spiro atoms. The molecule has 0 saturated carbocycles. The number of carbonyl (C=O) groups is 2. The van der Waals surface area contributed by atoms with Crippen molar-refractivity contribution in [3.05, 3.63) is 71.1 Å². The van der Waals surface area contributed by atoms with E-state index in [0.717, 1.165) is 34.0 Å². The Kier molecular flexibility index (Phi) is 7.21. The van der Waals surface area contributed by atoms with Crippen LogP contribution in [0.2, 0.25) is 0 Å². The largest absolute Gasteiger partial charge is 0.462 e. The van der Waals surface area contributed by atoms with E-state index in [1.165, 1.54) is 11.3 Å². The van der Waals surface area contributed by atoms with Crippen LogP contribution in [0.5, 0.6) is 0 Å². The minimum absolute atomic E-state index is 0.0520. The number of amides is 1. The van der Waals surface area contributed by atoms with Crippen LogP contribution in [0.25, 0.3) is 22.6 Å². The lowest BCUT2D eigenvalue weighted by molar-refractivity contribution is -0.113. The molecule has 2 aromatic heterocycles. The smallest absolute Gasteiger partial charge is 0.341 e. The number of hydrogen-bond acceptors (Lipinski definition) is 8. The van der Waals surface area contributed by atoms with Gasteiger partial charge in [0.25, 0.3) is 5.22 Å². The summed E-state index contributed by atoms with van der Waals surface area (Å²) in [4.78, 5) is 25.2. The number of thiophene rings is 1. The Labute approximate surface area is 199 Å². The number of benzene rings is 2. The Hall–Kier alpha value is -3.43. The van der Waals surface area contributed by atoms with E-state index in [0.29, 0.717) is 21.7 Å². The lowest BCUT2D eigenvalue weighted by Gasteiger charge is -2.08. The van der Waals surface area contributed by atoms with Gasteiger partial charge in [-0.15, -0.1) is 21.5 Å². The Morgan fingerprint density at radius 3 is 2.55 bits per heavy atom. The third-order valence-corrected chi connectivity index (χ3v) is 6.35. The van der Waals surface area contributed by atoms with Gasteiger partial charge in [0.15, 0.2) is 0 Å². The topological polar surface area (TPSA) is 94.3 Å². The summed E-state index contributed by atoms with van der Waals surface area (Å²) in [6, 6.07) is 17.3. The standard InChI is InChI=1S/C24H21N3O4S2/c1-3-30-23(29)20-18(16-7-5-4-6-8-16)13-32-22(20)25-19(28)14-33-24-27-26-21(31-24)17-11-9-15(2)10-12-17/h4-13H,3,14H2,1-2H3,(H,25,28). The molecule has 0 radical (unpaired) electrons. The van der Waals surface area contributed by atoms with E-state index in [4.69, 9.17) is 9.15 Å². The normalized spacial score (nSPS) is 10.7. The zero-order valence-electron chi connectivity index (χ0n) is 18.0. The highest BCUT2D eigenvalue weighted by Crippen LogP contribution is 2.36. The second kappa shape index (κ2) is 10.5. The second-order valence-electron chi connectivity index (χ2n) is 7.02. The zero-order valence-corrected chi connectivity index (χ0v) is 19.7. The predicted octanol–water partition coefficient (Wildman–Crippen LogP) is 5.68. The molecular weight excluding hydrogens is 458 g/mol. The summed E-state index contributed by atoms with van der Waals surface area (Å²) in [5.74, 6) is -0.313. The van der Waals surface area contributed by atoms with E-state index in [1.54, 1.807) is 6.92 Å². The van der Waals surface area contributed by atoms with Crippen molar-refractivity contribution >= 4 is 40.0 Å². The van der Waals surface area contributed by atoms with Gasteiger partial charge in [0.2, 0.25) is 11.8 Å². The van der Waals surface area contributed by atoms with E-state index < -0.39 is 5.97 Å². The monoisotopic (exact) mass is 479 g/mol. The first-order valence-electron chi connectivity index (χ1n) is 10.2. The summed E-state index contributed by atoms with van der Waals surface area (Å²) in [6.07, 6.45) is 0. The highest BCUT2D eigenvalue weighted by Gasteiger charge is 2.23. The van der Waals surface area contributed by atoms with Crippen molar-refractivity contribution in [2.45, 2.75) is 19.1 Å². The van der Waals surface area contributed by atoms with Gasteiger partial charge < -0.3 is 14.5 Å². The predicted molar refractivity (Wildman–Crippen MR) is 130 cm³/mol. The second-order valence-corrected chi connectivity index (χ2v) is 8.82. The van der Waals surface area contributed by atoms with Crippen LogP contribution in [0, 0.1) is 6.92 Å². The van der Waals surface area contributed by atoms with Gasteiger partial charge in [0.05, 0.1) is 12.4 Å². The van der Waals surface area contributed by atoms with Gasteiger partial charge in [-0.3, -0.25) is 4.79 Å². The third kappa shape index (κ3) is 5.50. The van der Waals surface area contributed by atoms with Crippen molar-refractivity contribution in [1.82, 2.24) is 10.2 Å². The number of thioether (sulfide) groups is 1. The summed E-state index contributed by atoms with van der Waals surface area (Å²) in [6.45, 7) is 3.99. The molecule has 0 atom stereocenters. The van der Waals surface area contributed by atoms with Crippen molar-refractivity contribution in [3.63, 3.8) is 0 Å². The number of nitrogens with zero attached hydrogens (tertiary/aromatic N) is 2. The van der Waals surface area contributed by atoms with Crippen molar-refractivity contribution in [3.8, 4) is 22.6 Å². The SMILES string of the molecule is CCOC(=O)c1c(-c2ccccc2)csc1NC(=O)CSc1nnc(-c2ccc(C)cc2)o1. The summed E-state index contributed by atoms with van der Waals surface area (Å²) in [5, 5.41) is 13.5. The molecule has 0 aliphatic heterocycles. The number of rotatable bonds is 8. The quantitative estimate of drug-likeness (QED) is 0.257. The van der Waals surface area contributed by atoms with E-state index >= 15 is 0 Å². The molecule has 0 unspecified atom stereocenters. The van der Waals surface area contributed by atoms with Crippen LogP contribution in [0.3, 0.4) is 0 Å². The Morgan fingerprint density at radius 1 is 1.06 bits per heavy atom. The molecule has 0 saturated heterocycles. The van der Waals surface area contributed by atoms with Gasteiger partial charge in [-0.2, -0.15) is 0 Å². The first-order chi connectivity index (χ1) is 16.0. The number of ether oxygens (including phenoxy) is 1. The molecular formula is C24H21N3O4S2. The first-order valence-corrected chi connectivity index (χ1v) is 12.1. The van der Waals surface area contributed by atoms with E-state index in [2.05, 4.69) is 15.5 Å². The van der Waals surface area contributed by atoms with Crippen LogP contribution in [-0.2, 0) is 9.53 Å². The maximum absolute atomic E-state index is 12.6. The van der Waals surface area contributed by atoms with Crippen LogP contribution in [0.4, 0.5) is 5.00 Å². The fourth-order valence-corrected chi connectivity index (χ4v) is 4.59. The molecule has 0 aliphatic carbocycles. The summed E-state index contributed by atoms with van der Waals surface area (Å²) < 4.78 is 10.9. The summed E-state index contributed by atoms with van der Waals surface area (Å²) >= 11 is 2.41. The maximum Gasteiger partial charge on any atom is 0.341 e. The minimum Gasteiger partial charge on any atom is -0.462 e. The van der Waals surface area contributed by atoms with Crippen molar-refractivity contribution in [2.24, 2.45) is 0 Å². The molecule has 0 aliphatic rings. The molecule has 4 aromatic rings. The van der Waals surface area contributed by atoms with Crippen LogP contribution < -0.4 is 5.32 Å². The van der Waals surface area contributed by atoms with Gasteiger partial charge in [-0.25, -0.2) is 4.79 Å². The van der Waals surface area contributed by atoms with E-state index in [9.17, 15) is 9.59 Å². The average molecular weight is 480 g/mol. The van der Waals surface area contributed by atoms with Gasteiger partial charge in [0.1, 0.15) is 10.6 Å². The highest BCUT2D eigenvalue weighted by atomic mass is 32.2. The molecule has 1 N–H and O–H groups in total. The lowest BCUT2D eigenvalue weighted by atomic mass is 10.0. The van der Waals surface area contributed by atoms with Gasteiger partial charge in [-0.1, -0.05) is 59.8 Å². The zero-order chi connectivity index (χ0) is 23.2. The highest BCUT2D eigenvalue weighted by molar-refractivity contribution is 7.99. The Bertz CT molecular complexity index is 1250. The lowest BCUT2D eigenvalue weighted by Crippen LogP contribution is -2.16. The number of esters is 1. The van der Waals surface area contributed by atoms with Crippen molar-refractivity contribution in [1.29, 1.82) is 0 Å². The minimum atomic E-state index is -0.472. The molecule has 4 rings (SSSR count). The van der Waals surface area contributed by atoms with Crippen molar-refractivity contribution < 1.29 is 18.7 Å². The Balaban J connectivity index is 1.45. The van der Waals surface area contributed by atoms with Gasteiger partial charge in [0, 0.05) is 16.5 Å². The van der Waals surface area contributed by atoms with Crippen molar-refractivity contribution in [2.75, 3.05) is 17.7 Å². The number of carbonyl (C=O) groups excluding carboxylic acids is 2. The summed E-state index contributed by atoms with van der Waals surface area (Å²) in [5.41, 5.74) is 3.90. The molecule has 2 heterocycles. The summed E-state index contributed by atoms with van der Waals surface area (Å²) in [7, 11) is 0. The number of aromatic nitrogens is 2. The van der Waals surface area contributed by atoms with Crippen LogP contribution in [0.15, 0.2) is 69.6 Å². The fourth-order valence-electron chi connectivity index (χ4n) is 3.06. The molecule has 168 valence electrons. The van der Waals surface area contributed by atoms with Crippen LogP contribution in [0.1, 0.15) is 22.8 Å². The van der Waals surface area contributed by atoms with Crippen LogP contribution in [-0.4, -0.2) is 34.4 Å². The van der Waals surface area contributed by atoms with E-state index in [-0.39, 0.29) is 18.3 Å². The third-order valence-electron chi connectivity index (χ3n) is 4.64. The first kappa shape index (κ1) is 22.8. The maximum atomic E-state index is 12.6. The van der Waals surface area contributed by atoms with E-state index in [1.807, 2.05) is 66.9 Å². The molecule has 7 nitrogen and oxygen atoms in total. The molecule has 33 heavy (non-hydrogen) atoms. The molecule has 9 heteroatoms. The molecule has 0 bridgehead atoms. The number of hydrogen-bond donors (Lipinski definition) is 1. The fraction of sp³-hybridized carbons (Fsp3) is 0.167. The van der Waals surface area contributed by atoms with Gasteiger partial charge in [-0.05, 0) is 31.5 Å². The molecule has 0 fully saturated rings. The van der Waals surface area contributed by atoms with Gasteiger partial charge >= 0.3 is 5.97 Å². The molecule has 1 amide bonds. The number of aryl methyl sites for hydroxylation is 1. The van der Waals surface area contributed by atoms with Crippen LogP contribution >= 0.6 is 23.1 Å². The Morgan fingerprint density at radius 2 is 1.82 bits per heavy atom.